The Morgan fingerprint density at radius 1 is 1.30 bits per heavy atom. The molecule has 1 aromatic carbocycles. The van der Waals surface area contributed by atoms with E-state index in [2.05, 4.69) is 26.0 Å². The molecule has 0 aliphatic carbocycles. The molecule has 0 aromatic heterocycles. The van der Waals surface area contributed by atoms with E-state index in [1.54, 1.807) is 0 Å². The van der Waals surface area contributed by atoms with Gasteiger partial charge in [0.25, 0.3) is 0 Å². The Labute approximate surface area is 121 Å². The molecule has 0 aliphatic heterocycles. The fourth-order valence-corrected chi connectivity index (χ4v) is 1.91. The first kappa shape index (κ1) is 16.5. The van der Waals surface area contributed by atoms with Crippen molar-refractivity contribution in [2.45, 2.75) is 19.6 Å². The maximum Gasteiger partial charge on any atom is 0.416 e. The van der Waals surface area contributed by atoms with Crippen molar-refractivity contribution >= 4 is 27.8 Å². The molecule has 0 spiro atoms. The average molecular weight is 354 g/mol. The summed E-state index contributed by atoms with van der Waals surface area (Å²) in [6.45, 7) is 1.37. The van der Waals surface area contributed by atoms with Gasteiger partial charge in [0.05, 0.1) is 12.2 Å². The third kappa shape index (κ3) is 4.84. The van der Waals surface area contributed by atoms with Gasteiger partial charge in [-0.15, -0.1) is 0 Å². The smallest absolute Gasteiger partial charge is 0.416 e. The number of hydrogen-bond acceptors (Lipinski definition) is 3. The molecule has 0 heterocycles. The number of hydrogen-bond donors (Lipinski definition) is 1. The first-order valence-corrected chi connectivity index (χ1v) is 6.35. The van der Waals surface area contributed by atoms with Crippen LogP contribution in [0.3, 0.4) is 0 Å². The summed E-state index contributed by atoms with van der Waals surface area (Å²) < 4.78 is 42.5. The van der Waals surface area contributed by atoms with Crippen molar-refractivity contribution in [3.05, 3.63) is 33.8 Å². The van der Waals surface area contributed by atoms with Crippen LogP contribution in [0.4, 0.5) is 13.2 Å². The molecule has 1 N–H and O–H groups in total. The van der Waals surface area contributed by atoms with E-state index in [9.17, 15) is 22.8 Å². The van der Waals surface area contributed by atoms with Crippen LogP contribution in [-0.4, -0.2) is 18.5 Å². The van der Waals surface area contributed by atoms with Crippen molar-refractivity contribution in [3.8, 4) is 0 Å². The molecule has 1 amide bonds. The molecular weight excluding hydrogens is 343 g/mol. The minimum atomic E-state index is -4.48. The molecule has 0 saturated heterocycles. The van der Waals surface area contributed by atoms with E-state index < -0.39 is 23.6 Å². The third-order valence-corrected chi connectivity index (χ3v) is 2.66. The first-order valence-electron chi connectivity index (χ1n) is 5.55. The highest BCUT2D eigenvalue weighted by molar-refractivity contribution is 9.10. The Hall–Kier alpha value is -1.57. The van der Waals surface area contributed by atoms with Crippen molar-refractivity contribution in [2.75, 3.05) is 6.61 Å². The van der Waals surface area contributed by atoms with Crippen LogP contribution in [0.2, 0.25) is 0 Å². The van der Waals surface area contributed by atoms with E-state index in [1.165, 1.54) is 13.0 Å². The van der Waals surface area contributed by atoms with Crippen LogP contribution >= 0.6 is 15.9 Å². The van der Waals surface area contributed by atoms with Crippen LogP contribution in [0.15, 0.2) is 22.7 Å². The molecule has 0 atom stereocenters. The van der Waals surface area contributed by atoms with Gasteiger partial charge in [-0.2, -0.15) is 13.2 Å². The zero-order valence-corrected chi connectivity index (χ0v) is 12.0. The summed E-state index contributed by atoms with van der Waals surface area (Å²) >= 11 is 2.96. The van der Waals surface area contributed by atoms with E-state index in [-0.39, 0.29) is 23.2 Å². The number of esters is 1. The molecule has 1 aromatic rings. The number of amides is 1. The molecule has 0 bridgehead atoms. The molecule has 0 aliphatic rings. The minimum absolute atomic E-state index is 0.0430. The molecule has 0 fully saturated rings. The lowest BCUT2D eigenvalue weighted by Crippen LogP contribution is -2.32. The second-order valence-electron chi connectivity index (χ2n) is 3.75. The van der Waals surface area contributed by atoms with Crippen LogP contribution in [-0.2, 0) is 27.0 Å². The van der Waals surface area contributed by atoms with Crippen molar-refractivity contribution in [2.24, 2.45) is 0 Å². The predicted octanol–water partition coefficient (Wildman–Crippen LogP) is 2.65. The van der Waals surface area contributed by atoms with Crippen molar-refractivity contribution in [1.82, 2.24) is 5.32 Å². The summed E-state index contributed by atoms with van der Waals surface area (Å²) in [5.41, 5.74) is -0.628. The zero-order chi connectivity index (χ0) is 15.3. The molecule has 1 rings (SSSR count). The fraction of sp³-hybridized carbons (Fsp3) is 0.333. The van der Waals surface area contributed by atoms with Gasteiger partial charge in [0.2, 0.25) is 0 Å². The number of carbonyl (C=O) groups is 2. The van der Waals surface area contributed by atoms with E-state index in [4.69, 9.17) is 0 Å². The zero-order valence-electron chi connectivity index (χ0n) is 10.4. The summed E-state index contributed by atoms with van der Waals surface area (Å²) in [4.78, 5) is 22.3. The monoisotopic (exact) mass is 353 g/mol. The van der Waals surface area contributed by atoms with Gasteiger partial charge in [-0.3, -0.25) is 4.79 Å². The second kappa shape index (κ2) is 6.74. The SMILES string of the molecule is CCOC(=O)C(=O)NCc1cc(Br)cc(C(F)(F)F)c1. The number of carbonyl (C=O) groups excluding carboxylic acids is 2. The van der Waals surface area contributed by atoms with Crippen LogP contribution in [0.25, 0.3) is 0 Å². The highest BCUT2D eigenvalue weighted by Crippen LogP contribution is 2.31. The number of ether oxygens (including phenoxy) is 1. The molecule has 110 valence electrons. The van der Waals surface area contributed by atoms with Crippen LogP contribution in [0.1, 0.15) is 18.1 Å². The molecule has 0 saturated carbocycles. The Morgan fingerprint density at radius 2 is 1.95 bits per heavy atom. The van der Waals surface area contributed by atoms with Crippen molar-refractivity contribution in [1.29, 1.82) is 0 Å². The number of nitrogens with one attached hydrogen (secondary N) is 1. The van der Waals surface area contributed by atoms with Gasteiger partial charge in [0.1, 0.15) is 0 Å². The highest BCUT2D eigenvalue weighted by Gasteiger charge is 2.31. The maximum absolute atomic E-state index is 12.6. The Kier molecular flexibility index (Phi) is 5.55. The molecule has 20 heavy (non-hydrogen) atoms. The summed E-state index contributed by atoms with van der Waals surface area (Å²) in [5.74, 6) is -2.07. The van der Waals surface area contributed by atoms with E-state index in [1.807, 2.05) is 0 Å². The molecule has 4 nitrogen and oxygen atoms in total. The van der Waals surface area contributed by atoms with Crippen molar-refractivity contribution in [3.63, 3.8) is 0 Å². The Morgan fingerprint density at radius 3 is 2.50 bits per heavy atom. The summed E-state index contributed by atoms with van der Waals surface area (Å²) in [7, 11) is 0. The van der Waals surface area contributed by atoms with Gasteiger partial charge in [-0.05, 0) is 30.7 Å². The number of alkyl halides is 3. The topological polar surface area (TPSA) is 55.4 Å². The summed E-state index contributed by atoms with van der Waals surface area (Å²) in [6.07, 6.45) is -4.48. The molecule has 8 heteroatoms. The van der Waals surface area contributed by atoms with Gasteiger partial charge >= 0.3 is 18.1 Å². The lowest BCUT2D eigenvalue weighted by atomic mass is 10.1. The molecular formula is C12H11BrF3NO3. The van der Waals surface area contributed by atoms with Crippen molar-refractivity contribution < 1.29 is 27.5 Å². The van der Waals surface area contributed by atoms with Crippen LogP contribution in [0.5, 0.6) is 0 Å². The lowest BCUT2D eigenvalue weighted by Gasteiger charge is -2.10. The van der Waals surface area contributed by atoms with Gasteiger partial charge in [-0.25, -0.2) is 4.79 Å². The largest absolute Gasteiger partial charge is 0.459 e. The van der Waals surface area contributed by atoms with Crippen LogP contribution in [0, 0.1) is 0 Å². The minimum Gasteiger partial charge on any atom is -0.459 e. The Balaban J connectivity index is 2.76. The summed E-state index contributed by atoms with van der Waals surface area (Å²) in [5, 5.41) is 2.19. The van der Waals surface area contributed by atoms with Gasteiger partial charge in [0, 0.05) is 11.0 Å². The normalized spacial score (nSPS) is 11.1. The van der Waals surface area contributed by atoms with Gasteiger partial charge < -0.3 is 10.1 Å². The standard InChI is InChI=1S/C12H11BrF3NO3/c1-2-20-11(19)10(18)17-6-7-3-8(12(14,15)16)5-9(13)4-7/h3-5H,2,6H2,1H3,(H,17,18). The summed E-state index contributed by atoms with van der Waals surface area (Å²) in [6, 6.07) is 3.24. The quantitative estimate of drug-likeness (QED) is 0.671. The lowest BCUT2D eigenvalue weighted by molar-refractivity contribution is -0.154. The fourth-order valence-electron chi connectivity index (χ4n) is 1.37. The third-order valence-electron chi connectivity index (χ3n) is 2.20. The number of benzene rings is 1. The van der Waals surface area contributed by atoms with E-state index >= 15 is 0 Å². The van der Waals surface area contributed by atoms with Gasteiger partial charge in [-0.1, -0.05) is 15.9 Å². The predicted molar refractivity (Wildman–Crippen MR) is 67.6 cm³/mol. The number of halogens is 4. The average Bonchev–Trinajstić information content (AvgIpc) is 2.34. The molecule has 0 unspecified atom stereocenters. The van der Waals surface area contributed by atoms with E-state index in [0.717, 1.165) is 12.1 Å². The van der Waals surface area contributed by atoms with Crippen LogP contribution < -0.4 is 5.32 Å². The second-order valence-corrected chi connectivity index (χ2v) is 4.66. The number of rotatable bonds is 3. The van der Waals surface area contributed by atoms with E-state index in [0.29, 0.717) is 0 Å². The maximum atomic E-state index is 12.6. The van der Waals surface area contributed by atoms with Gasteiger partial charge in [0.15, 0.2) is 0 Å². The Bertz CT molecular complexity index is 517. The molecule has 0 radical (unpaired) electrons. The highest BCUT2D eigenvalue weighted by atomic mass is 79.9. The first-order chi connectivity index (χ1) is 9.24.